The van der Waals surface area contributed by atoms with Crippen molar-refractivity contribution < 1.29 is 38.6 Å². The molecule has 0 aliphatic heterocycles. The van der Waals surface area contributed by atoms with Crippen molar-refractivity contribution in [2.24, 2.45) is 0 Å². The summed E-state index contributed by atoms with van der Waals surface area (Å²) in [6, 6.07) is 18.5. The lowest BCUT2D eigenvalue weighted by Gasteiger charge is -2.19. The molecule has 0 saturated carbocycles. The fraction of sp³-hybridized carbons (Fsp3) is 0.161. The van der Waals surface area contributed by atoms with Crippen molar-refractivity contribution in [1.82, 2.24) is 0 Å². The summed E-state index contributed by atoms with van der Waals surface area (Å²) in [5.74, 6) is -1.99. The Morgan fingerprint density at radius 1 is 0.821 bits per heavy atom. The molecule has 8 nitrogen and oxygen atoms in total. The summed E-state index contributed by atoms with van der Waals surface area (Å²) in [4.78, 5) is 38.5. The number of nitrogens with zero attached hydrogens (tertiary/aromatic N) is 1. The van der Waals surface area contributed by atoms with Crippen LogP contribution in [0.15, 0.2) is 79.1 Å². The van der Waals surface area contributed by atoms with Crippen molar-refractivity contribution in [1.29, 1.82) is 0 Å². The molecular formula is C31H26NO7+. The molecule has 5 rings (SSSR count). The van der Waals surface area contributed by atoms with Crippen LogP contribution in [0.1, 0.15) is 59.7 Å². The predicted molar refractivity (Wildman–Crippen MR) is 140 cm³/mol. The molecule has 3 aromatic carbocycles. The molecule has 0 unspecified atom stereocenters. The minimum absolute atomic E-state index is 0.0191. The van der Waals surface area contributed by atoms with Crippen LogP contribution in [0.4, 0.5) is 0 Å². The van der Waals surface area contributed by atoms with Crippen LogP contribution < -0.4 is 9.30 Å². The van der Waals surface area contributed by atoms with E-state index < -0.39 is 23.3 Å². The highest BCUT2D eigenvalue weighted by Gasteiger charge is 2.35. The quantitative estimate of drug-likeness (QED) is 0.179. The van der Waals surface area contributed by atoms with E-state index in [1.807, 2.05) is 48.8 Å². The van der Waals surface area contributed by atoms with E-state index in [0.717, 1.165) is 29.5 Å². The summed E-state index contributed by atoms with van der Waals surface area (Å²) in [5.41, 5.74) is 1.74. The Kier molecular flexibility index (Phi) is 7.10. The second-order valence-corrected chi connectivity index (χ2v) is 9.24. The Hall–Kier alpha value is -4.98. The number of ether oxygens (including phenoxy) is 2. The van der Waals surface area contributed by atoms with Crippen LogP contribution in [-0.4, -0.2) is 41.5 Å². The monoisotopic (exact) mass is 524 g/mol. The molecule has 1 heterocycles. The van der Waals surface area contributed by atoms with Crippen molar-refractivity contribution >= 4 is 17.5 Å². The highest BCUT2D eigenvalue weighted by molar-refractivity contribution is 6.30. The molecule has 0 saturated heterocycles. The second-order valence-electron chi connectivity index (χ2n) is 9.24. The molecule has 0 bridgehead atoms. The Morgan fingerprint density at radius 2 is 1.54 bits per heavy atom. The van der Waals surface area contributed by atoms with Crippen LogP contribution in [0.3, 0.4) is 0 Å². The van der Waals surface area contributed by atoms with Gasteiger partial charge in [-0.25, -0.2) is 9.36 Å². The van der Waals surface area contributed by atoms with E-state index in [-0.39, 0.29) is 40.2 Å². The van der Waals surface area contributed by atoms with E-state index >= 15 is 0 Å². The molecule has 8 heteroatoms. The third-order valence-electron chi connectivity index (χ3n) is 6.67. The number of carbonyl (C=O) groups excluding carboxylic acids is 3. The number of pyridine rings is 1. The van der Waals surface area contributed by atoms with Gasteiger partial charge in [0.15, 0.2) is 24.7 Å². The van der Waals surface area contributed by atoms with Crippen LogP contribution in [0.5, 0.6) is 17.2 Å². The smallest absolute Gasteiger partial charge is 0.338 e. The topological polar surface area (TPSA) is 114 Å². The number of aryl methyl sites for hydroxylation is 1. The van der Waals surface area contributed by atoms with E-state index in [1.165, 1.54) is 24.3 Å². The first-order valence-electron chi connectivity index (χ1n) is 12.4. The van der Waals surface area contributed by atoms with Crippen LogP contribution in [0, 0.1) is 0 Å². The number of aromatic hydroxyl groups is 2. The molecule has 196 valence electrons. The van der Waals surface area contributed by atoms with Crippen LogP contribution >= 0.6 is 0 Å². The predicted octanol–water partition coefficient (Wildman–Crippen LogP) is 4.01. The van der Waals surface area contributed by atoms with Gasteiger partial charge in [-0.2, -0.15) is 0 Å². The SMILES string of the molecule is COc1ccc(C[n+]2ccc(CCCOC(=O)c3cc(O)c4c(c3)C(=O)c3cccc(O)c3C4=O)cc2)cc1. The fourth-order valence-electron chi connectivity index (χ4n) is 4.63. The van der Waals surface area contributed by atoms with Crippen LogP contribution in [0.25, 0.3) is 0 Å². The van der Waals surface area contributed by atoms with Crippen molar-refractivity contribution in [3.63, 3.8) is 0 Å². The number of methoxy groups -OCH3 is 1. The summed E-state index contributed by atoms with van der Waals surface area (Å²) in [5, 5.41) is 20.5. The Bertz CT molecular complexity index is 1570. The fourth-order valence-corrected chi connectivity index (χ4v) is 4.63. The van der Waals surface area contributed by atoms with Gasteiger partial charge in [-0.1, -0.05) is 12.1 Å². The molecule has 0 radical (unpaired) electrons. The molecule has 0 atom stereocenters. The molecule has 0 spiro atoms. The Morgan fingerprint density at radius 3 is 2.26 bits per heavy atom. The lowest BCUT2D eigenvalue weighted by molar-refractivity contribution is -0.688. The number of carbonyl (C=O) groups is 3. The standard InChI is InChI=1S/C31H25NO7/c1-38-22-9-7-20(8-10-22)18-32-13-11-19(12-14-32)4-3-15-39-31(37)21-16-24-28(26(34)17-21)30(36)27-23(29(24)35)5-2-6-25(27)33/h2,5-14,16-17H,3-4,15,18H2,1H3,(H-,33,34,36)/p+1. The highest BCUT2D eigenvalue weighted by Crippen LogP contribution is 2.37. The number of hydrogen-bond donors (Lipinski definition) is 2. The van der Waals surface area contributed by atoms with E-state index in [4.69, 9.17) is 9.47 Å². The van der Waals surface area contributed by atoms with Gasteiger partial charge in [0.05, 0.1) is 30.4 Å². The second kappa shape index (κ2) is 10.8. The zero-order chi connectivity index (χ0) is 27.5. The summed E-state index contributed by atoms with van der Waals surface area (Å²) >= 11 is 0. The molecule has 1 aliphatic rings. The Labute approximate surface area is 224 Å². The average Bonchev–Trinajstić information content (AvgIpc) is 2.94. The van der Waals surface area contributed by atoms with Crippen LogP contribution in [0.2, 0.25) is 0 Å². The first kappa shape index (κ1) is 25.7. The largest absolute Gasteiger partial charge is 0.507 e. The first-order chi connectivity index (χ1) is 18.9. The van der Waals surface area contributed by atoms with Gasteiger partial charge in [-0.3, -0.25) is 9.59 Å². The number of phenols is 2. The van der Waals surface area contributed by atoms with Gasteiger partial charge in [0.2, 0.25) is 5.78 Å². The van der Waals surface area contributed by atoms with Gasteiger partial charge >= 0.3 is 5.97 Å². The van der Waals surface area contributed by atoms with Gasteiger partial charge in [0.25, 0.3) is 0 Å². The van der Waals surface area contributed by atoms with E-state index in [2.05, 4.69) is 4.57 Å². The third kappa shape index (κ3) is 5.22. The zero-order valence-corrected chi connectivity index (χ0v) is 21.2. The van der Waals surface area contributed by atoms with Gasteiger partial charge < -0.3 is 19.7 Å². The van der Waals surface area contributed by atoms with Crippen molar-refractivity contribution in [3.8, 4) is 17.2 Å². The van der Waals surface area contributed by atoms with Crippen molar-refractivity contribution in [2.75, 3.05) is 13.7 Å². The summed E-state index contributed by atoms with van der Waals surface area (Å²) in [6.45, 7) is 0.872. The number of rotatable bonds is 8. The highest BCUT2D eigenvalue weighted by atomic mass is 16.5. The minimum Gasteiger partial charge on any atom is -0.507 e. The third-order valence-corrected chi connectivity index (χ3v) is 6.67. The summed E-state index contributed by atoms with van der Waals surface area (Å²) in [7, 11) is 1.64. The van der Waals surface area contributed by atoms with E-state index in [1.54, 1.807) is 7.11 Å². The first-order valence-corrected chi connectivity index (χ1v) is 12.4. The molecular weight excluding hydrogens is 498 g/mol. The lowest BCUT2D eigenvalue weighted by Crippen LogP contribution is -2.33. The molecule has 1 aliphatic carbocycles. The number of esters is 1. The molecule has 0 amide bonds. The summed E-state index contributed by atoms with van der Waals surface area (Å²) in [6.07, 6.45) is 5.27. The number of aromatic nitrogens is 1. The maximum atomic E-state index is 13.0. The molecule has 0 fully saturated rings. The number of benzene rings is 3. The van der Waals surface area contributed by atoms with Gasteiger partial charge in [0.1, 0.15) is 17.2 Å². The number of hydrogen-bond acceptors (Lipinski definition) is 7. The maximum absolute atomic E-state index is 13.0. The Balaban J connectivity index is 1.18. The molecule has 2 N–H and O–H groups in total. The minimum atomic E-state index is -0.708. The zero-order valence-electron chi connectivity index (χ0n) is 21.2. The maximum Gasteiger partial charge on any atom is 0.338 e. The van der Waals surface area contributed by atoms with Crippen molar-refractivity contribution in [3.05, 3.63) is 118 Å². The summed E-state index contributed by atoms with van der Waals surface area (Å²) < 4.78 is 12.6. The normalized spacial score (nSPS) is 12.0. The van der Waals surface area contributed by atoms with Gasteiger partial charge in [-0.05, 0) is 60.9 Å². The number of phenolic OH excluding ortho intramolecular Hbond substituents is 2. The van der Waals surface area contributed by atoms with E-state index in [0.29, 0.717) is 12.8 Å². The average molecular weight is 525 g/mol. The van der Waals surface area contributed by atoms with E-state index in [9.17, 15) is 24.6 Å². The van der Waals surface area contributed by atoms with Crippen LogP contribution in [-0.2, 0) is 17.7 Å². The lowest BCUT2D eigenvalue weighted by atomic mass is 9.82. The molecule has 4 aromatic rings. The van der Waals surface area contributed by atoms with Crippen molar-refractivity contribution in [2.45, 2.75) is 19.4 Å². The van der Waals surface area contributed by atoms with Gasteiger partial charge in [-0.15, -0.1) is 0 Å². The number of fused-ring (bicyclic) bond motifs is 2. The number of ketones is 2. The molecule has 1 aromatic heterocycles. The van der Waals surface area contributed by atoms with Gasteiger partial charge in [0, 0.05) is 28.8 Å². The molecule has 39 heavy (non-hydrogen) atoms.